The molecular formula is C21H19ClN2O3. The lowest BCUT2D eigenvalue weighted by Crippen LogP contribution is -2.27. The fourth-order valence-electron chi connectivity index (χ4n) is 3.67. The van der Waals surface area contributed by atoms with Crippen molar-refractivity contribution in [1.29, 1.82) is 0 Å². The Morgan fingerprint density at radius 2 is 1.96 bits per heavy atom. The third kappa shape index (κ3) is 3.24. The van der Waals surface area contributed by atoms with E-state index in [9.17, 15) is 15.0 Å². The van der Waals surface area contributed by atoms with Gasteiger partial charge in [-0.3, -0.25) is 0 Å². The fourth-order valence-corrected chi connectivity index (χ4v) is 3.80. The van der Waals surface area contributed by atoms with Crippen molar-refractivity contribution in [3.63, 3.8) is 0 Å². The molecule has 1 aliphatic rings. The third-order valence-electron chi connectivity index (χ3n) is 5.10. The van der Waals surface area contributed by atoms with Crippen LogP contribution in [0.5, 0.6) is 5.75 Å². The number of likely N-dealkylation sites (N-methyl/N-ethyl adjacent to an activating group) is 1. The van der Waals surface area contributed by atoms with E-state index in [-0.39, 0.29) is 11.3 Å². The highest BCUT2D eigenvalue weighted by atomic mass is 35.5. The Morgan fingerprint density at radius 1 is 1.22 bits per heavy atom. The zero-order valence-electron chi connectivity index (χ0n) is 14.9. The topological polar surface area (TPSA) is 73.7 Å². The molecule has 2 N–H and O–H groups in total. The predicted octanol–water partition coefficient (Wildman–Crippen LogP) is 3.87. The average molecular weight is 383 g/mol. The zero-order valence-corrected chi connectivity index (χ0v) is 15.6. The van der Waals surface area contributed by atoms with Crippen LogP contribution in [-0.2, 0) is 19.4 Å². The van der Waals surface area contributed by atoms with Crippen molar-refractivity contribution < 1.29 is 15.0 Å². The number of pyridine rings is 1. The number of benzene rings is 2. The van der Waals surface area contributed by atoms with Crippen LogP contribution in [0.4, 0.5) is 0 Å². The molecule has 0 amide bonds. The van der Waals surface area contributed by atoms with Gasteiger partial charge in [0.05, 0.1) is 11.2 Å². The Labute approximate surface area is 161 Å². The Hall–Kier alpha value is -2.63. The average Bonchev–Trinajstić information content (AvgIpc) is 2.64. The van der Waals surface area contributed by atoms with Gasteiger partial charge in [-0.1, -0.05) is 35.9 Å². The molecule has 5 nitrogen and oxygen atoms in total. The molecule has 4 rings (SSSR count). The largest absolute Gasteiger partial charge is 0.505 e. The number of rotatable bonds is 3. The van der Waals surface area contributed by atoms with Crippen LogP contribution in [0.2, 0.25) is 5.02 Å². The van der Waals surface area contributed by atoms with Gasteiger partial charge in [-0.15, -0.1) is 0 Å². The number of halogens is 1. The van der Waals surface area contributed by atoms with Gasteiger partial charge in [0, 0.05) is 29.9 Å². The number of carboxylic acid groups (broad SMARTS) is 1. The normalized spacial score (nSPS) is 14.3. The van der Waals surface area contributed by atoms with Gasteiger partial charge >= 0.3 is 5.97 Å². The Morgan fingerprint density at radius 3 is 2.67 bits per heavy atom. The summed E-state index contributed by atoms with van der Waals surface area (Å²) in [4.78, 5) is 18.8. The minimum Gasteiger partial charge on any atom is -0.505 e. The van der Waals surface area contributed by atoms with E-state index >= 15 is 0 Å². The minimum absolute atomic E-state index is 0.0833. The van der Waals surface area contributed by atoms with Crippen molar-refractivity contribution in [2.24, 2.45) is 0 Å². The second-order valence-corrected chi connectivity index (χ2v) is 7.41. The van der Waals surface area contributed by atoms with Gasteiger partial charge in [-0.25, -0.2) is 9.78 Å². The number of carboxylic acids is 1. The van der Waals surface area contributed by atoms with Gasteiger partial charge in [-0.05, 0) is 42.3 Å². The number of hydrogen-bond donors (Lipinski definition) is 2. The van der Waals surface area contributed by atoms with Gasteiger partial charge in [0.2, 0.25) is 0 Å². The second-order valence-electron chi connectivity index (χ2n) is 6.98. The summed E-state index contributed by atoms with van der Waals surface area (Å²) in [6.45, 7) is 1.67. The smallest absolute Gasteiger partial charge is 0.340 e. The summed E-state index contributed by atoms with van der Waals surface area (Å²) in [6.07, 6.45) is 1.23. The monoisotopic (exact) mass is 382 g/mol. The van der Waals surface area contributed by atoms with E-state index in [1.165, 1.54) is 5.56 Å². The second kappa shape index (κ2) is 6.83. The lowest BCUT2D eigenvalue weighted by molar-refractivity contribution is 0.0695. The SMILES string of the molecule is CN1CCc2ccc3c(C(=O)O)c(O)c(Cc4ccc(Cl)cc4)nc3c2C1. The molecule has 3 aromatic rings. The lowest BCUT2D eigenvalue weighted by Gasteiger charge is -2.26. The standard InChI is InChI=1S/C21H19ClN2O3/c1-24-9-8-13-4-7-15-18(21(26)27)20(25)17(23-19(15)16(13)11-24)10-12-2-5-14(22)6-3-12/h2-7,25H,8-11H2,1H3,(H,26,27). The molecule has 0 aliphatic carbocycles. The maximum Gasteiger partial charge on any atom is 0.340 e. The summed E-state index contributed by atoms with van der Waals surface area (Å²) in [6, 6.07) is 11.0. The summed E-state index contributed by atoms with van der Waals surface area (Å²) < 4.78 is 0. The number of nitrogens with zero attached hydrogens (tertiary/aromatic N) is 2. The first-order valence-corrected chi connectivity index (χ1v) is 9.14. The molecule has 1 aliphatic heterocycles. The Bertz CT molecular complexity index is 1050. The van der Waals surface area contributed by atoms with E-state index < -0.39 is 5.97 Å². The van der Waals surface area contributed by atoms with Crippen LogP contribution in [0.25, 0.3) is 10.9 Å². The van der Waals surface area contributed by atoms with Crippen molar-refractivity contribution in [3.05, 3.63) is 69.4 Å². The number of hydrogen-bond acceptors (Lipinski definition) is 4. The van der Waals surface area contributed by atoms with Gasteiger partial charge in [-0.2, -0.15) is 0 Å². The van der Waals surface area contributed by atoms with Crippen molar-refractivity contribution in [2.45, 2.75) is 19.4 Å². The summed E-state index contributed by atoms with van der Waals surface area (Å²) >= 11 is 5.94. The highest BCUT2D eigenvalue weighted by Gasteiger charge is 2.24. The van der Waals surface area contributed by atoms with Gasteiger partial charge < -0.3 is 15.1 Å². The predicted molar refractivity (Wildman–Crippen MR) is 105 cm³/mol. The molecule has 1 aromatic heterocycles. The molecule has 27 heavy (non-hydrogen) atoms. The molecule has 2 heterocycles. The molecular weight excluding hydrogens is 364 g/mol. The molecule has 0 atom stereocenters. The van der Waals surface area contributed by atoms with E-state index in [2.05, 4.69) is 4.90 Å². The maximum atomic E-state index is 11.9. The fraction of sp³-hybridized carbons (Fsp3) is 0.238. The first kappa shape index (κ1) is 17.8. The van der Waals surface area contributed by atoms with Crippen LogP contribution in [0.3, 0.4) is 0 Å². The van der Waals surface area contributed by atoms with E-state index in [0.29, 0.717) is 34.6 Å². The summed E-state index contributed by atoms with van der Waals surface area (Å²) in [5.74, 6) is -1.42. The molecule has 6 heteroatoms. The van der Waals surface area contributed by atoms with E-state index in [0.717, 1.165) is 24.1 Å². The molecule has 0 spiro atoms. The van der Waals surface area contributed by atoms with Gasteiger partial charge in [0.15, 0.2) is 5.75 Å². The number of aromatic carboxylic acids is 1. The van der Waals surface area contributed by atoms with Crippen molar-refractivity contribution >= 4 is 28.5 Å². The van der Waals surface area contributed by atoms with E-state index in [1.54, 1.807) is 18.2 Å². The van der Waals surface area contributed by atoms with E-state index in [1.807, 2.05) is 25.2 Å². The van der Waals surface area contributed by atoms with Crippen molar-refractivity contribution in [3.8, 4) is 5.75 Å². The highest BCUT2D eigenvalue weighted by molar-refractivity contribution is 6.30. The van der Waals surface area contributed by atoms with Crippen LogP contribution in [0.15, 0.2) is 36.4 Å². The number of aromatic hydroxyl groups is 1. The highest BCUT2D eigenvalue weighted by Crippen LogP contribution is 2.34. The molecule has 0 unspecified atom stereocenters. The van der Waals surface area contributed by atoms with Crippen molar-refractivity contribution in [1.82, 2.24) is 9.88 Å². The number of fused-ring (bicyclic) bond motifs is 3. The van der Waals surface area contributed by atoms with Crippen LogP contribution >= 0.6 is 11.6 Å². The molecule has 0 bridgehead atoms. The quantitative estimate of drug-likeness (QED) is 0.719. The van der Waals surface area contributed by atoms with Crippen LogP contribution in [-0.4, -0.2) is 39.7 Å². The number of carbonyl (C=O) groups is 1. The molecule has 0 saturated heterocycles. The molecule has 2 aromatic carbocycles. The Kier molecular flexibility index (Phi) is 4.50. The summed E-state index contributed by atoms with van der Waals surface area (Å²) in [7, 11) is 2.04. The molecule has 0 radical (unpaired) electrons. The maximum absolute atomic E-state index is 11.9. The van der Waals surface area contributed by atoms with Crippen LogP contribution < -0.4 is 0 Å². The van der Waals surface area contributed by atoms with Crippen molar-refractivity contribution in [2.75, 3.05) is 13.6 Å². The first-order chi connectivity index (χ1) is 12.9. The van der Waals surface area contributed by atoms with Gasteiger partial charge in [0.25, 0.3) is 0 Å². The molecule has 0 saturated carbocycles. The third-order valence-corrected chi connectivity index (χ3v) is 5.35. The van der Waals surface area contributed by atoms with E-state index in [4.69, 9.17) is 16.6 Å². The number of aromatic nitrogens is 1. The first-order valence-electron chi connectivity index (χ1n) is 8.76. The zero-order chi connectivity index (χ0) is 19.1. The minimum atomic E-state index is -1.15. The summed E-state index contributed by atoms with van der Waals surface area (Å²) in [5, 5.41) is 21.5. The van der Waals surface area contributed by atoms with Crippen LogP contribution in [0, 0.1) is 0 Å². The van der Waals surface area contributed by atoms with Gasteiger partial charge in [0.1, 0.15) is 5.56 Å². The lowest BCUT2D eigenvalue weighted by atomic mass is 9.93. The van der Waals surface area contributed by atoms with Crippen LogP contribution in [0.1, 0.15) is 32.7 Å². The molecule has 0 fully saturated rings. The Balaban J connectivity index is 1.93. The summed E-state index contributed by atoms with van der Waals surface area (Å²) in [5.41, 5.74) is 4.08. The molecule has 138 valence electrons.